The number of ketones is 1. The molecule has 1 heterocycles. The van der Waals surface area contributed by atoms with Crippen molar-refractivity contribution < 1.29 is 4.79 Å². The summed E-state index contributed by atoms with van der Waals surface area (Å²) >= 11 is 0. The van der Waals surface area contributed by atoms with Gasteiger partial charge in [-0.2, -0.15) is 0 Å². The Kier molecular flexibility index (Phi) is 3.63. The molecule has 1 saturated heterocycles. The number of piperidine rings is 1. The quantitative estimate of drug-likeness (QED) is 0.745. The Bertz CT molecular complexity index is 383. The highest BCUT2D eigenvalue weighted by atomic mass is 16.1. The molecule has 0 amide bonds. The van der Waals surface area contributed by atoms with Gasteiger partial charge in [0.2, 0.25) is 0 Å². The topological polar surface area (TPSA) is 20.3 Å². The lowest BCUT2D eigenvalue weighted by Gasteiger charge is -2.37. The second-order valence-corrected chi connectivity index (χ2v) is 5.77. The van der Waals surface area contributed by atoms with E-state index < -0.39 is 0 Å². The van der Waals surface area contributed by atoms with Gasteiger partial charge in [-0.05, 0) is 24.8 Å². The number of nitrogens with zero attached hydrogens (tertiary/aromatic N) is 1. The highest BCUT2D eigenvalue weighted by Crippen LogP contribution is 2.28. The third kappa shape index (κ3) is 3.40. The molecule has 92 valence electrons. The lowest BCUT2D eigenvalue weighted by molar-refractivity contribution is 0.0810. The first-order chi connectivity index (χ1) is 8.07. The standard InChI is InChI=1S/C15H21NO/c1-15(2)9-6-10-16(12-15)11-14(17)13-7-4-3-5-8-13/h3-5,7-8H,6,9-12H2,1-2H3. The zero-order chi connectivity index (χ0) is 12.3. The van der Waals surface area contributed by atoms with Crippen LogP contribution in [0.5, 0.6) is 0 Å². The van der Waals surface area contributed by atoms with Crippen LogP contribution in [0.3, 0.4) is 0 Å². The number of carbonyl (C=O) groups is 1. The van der Waals surface area contributed by atoms with Gasteiger partial charge in [-0.15, -0.1) is 0 Å². The Hall–Kier alpha value is -1.15. The molecule has 0 unspecified atom stereocenters. The number of carbonyl (C=O) groups excluding carboxylic acids is 1. The van der Waals surface area contributed by atoms with Gasteiger partial charge in [0.1, 0.15) is 0 Å². The molecule has 1 aromatic carbocycles. The van der Waals surface area contributed by atoms with E-state index in [1.807, 2.05) is 30.3 Å². The number of Topliss-reactive ketones (excluding diaryl/α,β-unsaturated/α-hetero) is 1. The van der Waals surface area contributed by atoms with Gasteiger partial charge in [0.05, 0.1) is 6.54 Å². The van der Waals surface area contributed by atoms with Crippen molar-refractivity contribution >= 4 is 5.78 Å². The first kappa shape index (κ1) is 12.3. The van der Waals surface area contributed by atoms with Crippen LogP contribution in [0.25, 0.3) is 0 Å². The van der Waals surface area contributed by atoms with Gasteiger partial charge in [-0.1, -0.05) is 44.2 Å². The third-order valence-electron chi connectivity index (χ3n) is 3.44. The summed E-state index contributed by atoms with van der Waals surface area (Å²) in [6.45, 7) is 7.22. The molecule has 1 aliphatic heterocycles. The van der Waals surface area contributed by atoms with Gasteiger partial charge in [0.15, 0.2) is 5.78 Å². The summed E-state index contributed by atoms with van der Waals surface area (Å²) in [6.07, 6.45) is 2.47. The van der Waals surface area contributed by atoms with E-state index in [2.05, 4.69) is 18.7 Å². The van der Waals surface area contributed by atoms with Crippen LogP contribution in [-0.2, 0) is 0 Å². The first-order valence-corrected chi connectivity index (χ1v) is 6.37. The highest BCUT2D eigenvalue weighted by molar-refractivity contribution is 5.97. The minimum absolute atomic E-state index is 0.239. The Morgan fingerprint density at radius 1 is 1.29 bits per heavy atom. The van der Waals surface area contributed by atoms with E-state index in [9.17, 15) is 4.79 Å². The number of hydrogen-bond donors (Lipinski definition) is 0. The maximum atomic E-state index is 12.1. The maximum absolute atomic E-state index is 12.1. The molecule has 0 aromatic heterocycles. The average Bonchev–Trinajstić information content (AvgIpc) is 2.29. The summed E-state index contributed by atoms with van der Waals surface area (Å²) in [7, 11) is 0. The summed E-state index contributed by atoms with van der Waals surface area (Å²) in [5.74, 6) is 0.239. The molecule has 17 heavy (non-hydrogen) atoms. The van der Waals surface area contributed by atoms with E-state index in [0.29, 0.717) is 12.0 Å². The molecule has 0 aliphatic carbocycles. The second kappa shape index (κ2) is 5.01. The fraction of sp³-hybridized carbons (Fsp3) is 0.533. The van der Waals surface area contributed by atoms with Gasteiger partial charge < -0.3 is 0 Å². The van der Waals surface area contributed by atoms with Gasteiger partial charge in [-0.25, -0.2) is 0 Å². The van der Waals surface area contributed by atoms with Crippen molar-refractivity contribution in [3.05, 3.63) is 35.9 Å². The highest BCUT2D eigenvalue weighted by Gasteiger charge is 2.27. The molecule has 2 nitrogen and oxygen atoms in total. The number of likely N-dealkylation sites (tertiary alicyclic amines) is 1. The lowest BCUT2D eigenvalue weighted by atomic mass is 9.84. The molecule has 0 radical (unpaired) electrons. The smallest absolute Gasteiger partial charge is 0.176 e. The molecule has 2 rings (SSSR count). The SMILES string of the molecule is CC1(C)CCCN(CC(=O)c2ccccc2)C1. The predicted molar refractivity (Wildman–Crippen MR) is 70.2 cm³/mol. The summed E-state index contributed by atoms with van der Waals surface area (Å²) in [5.41, 5.74) is 1.19. The van der Waals surface area contributed by atoms with Crippen molar-refractivity contribution in [3.63, 3.8) is 0 Å². The van der Waals surface area contributed by atoms with Crippen LogP contribution in [0.1, 0.15) is 37.0 Å². The van der Waals surface area contributed by atoms with Crippen molar-refractivity contribution in [3.8, 4) is 0 Å². The molecule has 1 aromatic rings. The van der Waals surface area contributed by atoms with Crippen LogP contribution in [0.15, 0.2) is 30.3 Å². The van der Waals surface area contributed by atoms with Crippen molar-refractivity contribution in [1.29, 1.82) is 0 Å². The zero-order valence-corrected chi connectivity index (χ0v) is 10.8. The first-order valence-electron chi connectivity index (χ1n) is 6.37. The summed E-state index contributed by atoms with van der Waals surface area (Å²) in [5, 5.41) is 0. The van der Waals surface area contributed by atoms with Crippen LogP contribution < -0.4 is 0 Å². The Labute approximate surface area is 104 Å². The molecule has 1 aliphatic rings. The Morgan fingerprint density at radius 2 is 2.00 bits per heavy atom. The van der Waals surface area contributed by atoms with E-state index in [1.165, 1.54) is 12.8 Å². The average molecular weight is 231 g/mol. The molecular formula is C15H21NO. The van der Waals surface area contributed by atoms with Gasteiger partial charge in [0.25, 0.3) is 0 Å². The second-order valence-electron chi connectivity index (χ2n) is 5.77. The summed E-state index contributed by atoms with van der Waals surface area (Å²) < 4.78 is 0. The van der Waals surface area contributed by atoms with Crippen molar-refractivity contribution in [2.75, 3.05) is 19.6 Å². The Balaban J connectivity index is 1.95. The number of benzene rings is 1. The largest absolute Gasteiger partial charge is 0.295 e. The number of hydrogen-bond acceptors (Lipinski definition) is 2. The zero-order valence-electron chi connectivity index (χ0n) is 10.8. The fourth-order valence-electron chi connectivity index (χ4n) is 2.60. The molecule has 0 spiro atoms. The van der Waals surface area contributed by atoms with Crippen LogP contribution in [-0.4, -0.2) is 30.3 Å². The van der Waals surface area contributed by atoms with Crippen molar-refractivity contribution in [2.24, 2.45) is 5.41 Å². The van der Waals surface area contributed by atoms with Gasteiger partial charge in [-0.3, -0.25) is 9.69 Å². The molecule has 2 heteroatoms. The third-order valence-corrected chi connectivity index (χ3v) is 3.44. The predicted octanol–water partition coefficient (Wildman–Crippen LogP) is 2.99. The summed E-state index contributed by atoms with van der Waals surface area (Å²) in [6, 6.07) is 9.59. The normalized spacial score (nSPS) is 20.1. The van der Waals surface area contributed by atoms with E-state index in [0.717, 1.165) is 18.7 Å². The van der Waals surface area contributed by atoms with E-state index >= 15 is 0 Å². The van der Waals surface area contributed by atoms with Crippen molar-refractivity contribution in [2.45, 2.75) is 26.7 Å². The Morgan fingerprint density at radius 3 is 2.65 bits per heavy atom. The maximum Gasteiger partial charge on any atom is 0.176 e. The number of rotatable bonds is 3. The fourth-order valence-corrected chi connectivity index (χ4v) is 2.60. The molecular weight excluding hydrogens is 210 g/mol. The molecule has 1 fully saturated rings. The molecule has 0 atom stereocenters. The van der Waals surface area contributed by atoms with E-state index in [4.69, 9.17) is 0 Å². The molecule has 0 N–H and O–H groups in total. The van der Waals surface area contributed by atoms with Gasteiger partial charge in [0, 0.05) is 12.1 Å². The monoisotopic (exact) mass is 231 g/mol. The molecule has 0 saturated carbocycles. The van der Waals surface area contributed by atoms with Gasteiger partial charge >= 0.3 is 0 Å². The van der Waals surface area contributed by atoms with Crippen molar-refractivity contribution in [1.82, 2.24) is 4.90 Å². The summed E-state index contributed by atoms with van der Waals surface area (Å²) in [4.78, 5) is 14.4. The lowest BCUT2D eigenvalue weighted by Crippen LogP contribution is -2.42. The minimum Gasteiger partial charge on any atom is -0.295 e. The van der Waals surface area contributed by atoms with E-state index in [-0.39, 0.29) is 5.78 Å². The van der Waals surface area contributed by atoms with Crippen LogP contribution in [0.2, 0.25) is 0 Å². The van der Waals surface area contributed by atoms with Crippen LogP contribution >= 0.6 is 0 Å². The van der Waals surface area contributed by atoms with Crippen LogP contribution in [0.4, 0.5) is 0 Å². The molecule has 0 bridgehead atoms. The minimum atomic E-state index is 0.239. The van der Waals surface area contributed by atoms with E-state index in [1.54, 1.807) is 0 Å². The van der Waals surface area contributed by atoms with Crippen LogP contribution in [0, 0.1) is 5.41 Å².